The predicted molar refractivity (Wildman–Crippen MR) is 103 cm³/mol. The van der Waals surface area contributed by atoms with E-state index in [1.54, 1.807) is 4.90 Å². The Morgan fingerprint density at radius 3 is 1.26 bits per heavy atom. The third kappa shape index (κ3) is 17.7. The molecule has 0 heterocycles. The van der Waals surface area contributed by atoms with Crippen molar-refractivity contribution in [1.82, 2.24) is 4.90 Å². The van der Waals surface area contributed by atoms with E-state index in [0.717, 1.165) is 13.0 Å². The van der Waals surface area contributed by atoms with Gasteiger partial charge >= 0.3 is 0 Å². The maximum Gasteiger partial charge on any atom is 0.222 e. The van der Waals surface area contributed by atoms with Gasteiger partial charge in [0, 0.05) is 20.5 Å². The first-order chi connectivity index (χ1) is 11.2. The minimum absolute atomic E-state index is 0.0639. The minimum atomic E-state index is -0.0639. The Hall–Kier alpha value is -0.530. The number of rotatable bonds is 17. The third-order valence-electron chi connectivity index (χ3n) is 4.77. The van der Waals surface area contributed by atoms with Crippen LogP contribution in [0.4, 0.5) is 0 Å². The molecule has 23 heavy (non-hydrogen) atoms. The standard InChI is InChI=1S/C21H42NO/c1-4-5-6-7-8-9-10-11-12-13-14-15-16-17-18-19-20-22(3)21(2)23/h2,4-20H2,1,3H3. The van der Waals surface area contributed by atoms with Crippen LogP contribution in [0.1, 0.15) is 110 Å². The van der Waals surface area contributed by atoms with Crippen LogP contribution < -0.4 is 0 Å². The van der Waals surface area contributed by atoms with Crippen molar-refractivity contribution in [3.63, 3.8) is 0 Å². The van der Waals surface area contributed by atoms with E-state index >= 15 is 0 Å². The molecule has 2 nitrogen and oxygen atoms in total. The first-order valence-electron chi connectivity index (χ1n) is 10.3. The SMILES string of the molecule is [CH2]C(=O)N(C)CCCCCCCCCCCCCCCCCC. The van der Waals surface area contributed by atoms with Crippen LogP contribution in [0.2, 0.25) is 0 Å². The highest BCUT2D eigenvalue weighted by Gasteiger charge is 2.00. The van der Waals surface area contributed by atoms with E-state index in [2.05, 4.69) is 13.8 Å². The summed E-state index contributed by atoms with van der Waals surface area (Å²) in [6, 6.07) is 0. The quantitative estimate of drug-likeness (QED) is 0.278. The second-order valence-electron chi connectivity index (χ2n) is 7.12. The van der Waals surface area contributed by atoms with Crippen LogP contribution in [0, 0.1) is 6.92 Å². The molecule has 0 rings (SSSR count). The van der Waals surface area contributed by atoms with Gasteiger partial charge in [-0.15, -0.1) is 0 Å². The summed E-state index contributed by atoms with van der Waals surface area (Å²) >= 11 is 0. The molecule has 0 fully saturated rings. The number of carbonyl (C=O) groups excluding carboxylic acids is 1. The molecule has 0 aromatic carbocycles. The van der Waals surface area contributed by atoms with E-state index in [9.17, 15) is 4.79 Å². The van der Waals surface area contributed by atoms with Gasteiger partial charge in [-0.05, 0) is 6.42 Å². The summed E-state index contributed by atoms with van der Waals surface area (Å²) in [6.07, 6.45) is 22.2. The molecule has 0 aromatic rings. The van der Waals surface area contributed by atoms with Crippen molar-refractivity contribution in [2.45, 2.75) is 110 Å². The Labute approximate surface area is 146 Å². The lowest BCUT2D eigenvalue weighted by Gasteiger charge is -2.13. The van der Waals surface area contributed by atoms with E-state index in [-0.39, 0.29) is 5.91 Å². The fourth-order valence-electron chi connectivity index (χ4n) is 3.02. The second-order valence-corrected chi connectivity index (χ2v) is 7.12. The molecule has 2 heteroatoms. The number of carbonyl (C=O) groups is 1. The highest BCUT2D eigenvalue weighted by Crippen LogP contribution is 2.13. The fourth-order valence-corrected chi connectivity index (χ4v) is 3.02. The van der Waals surface area contributed by atoms with Gasteiger partial charge in [-0.2, -0.15) is 0 Å². The Morgan fingerprint density at radius 1 is 0.652 bits per heavy atom. The summed E-state index contributed by atoms with van der Waals surface area (Å²) in [7, 11) is 1.83. The van der Waals surface area contributed by atoms with E-state index < -0.39 is 0 Å². The van der Waals surface area contributed by atoms with Crippen LogP contribution in [0.25, 0.3) is 0 Å². The molecule has 0 spiro atoms. The maximum absolute atomic E-state index is 10.9. The first kappa shape index (κ1) is 22.5. The van der Waals surface area contributed by atoms with Crippen molar-refractivity contribution >= 4 is 5.91 Å². The normalized spacial score (nSPS) is 10.9. The number of amides is 1. The lowest BCUT2D eigenvalue weighted by atomic mass is 10.0. The predicted octanol–water partition coefficient (Wildman–Crippen LogP) is 6.54. The highest BCUT2D eigenvalue weighted by atomic mass is 16.2. The van der Waals surface area contributed by atoms with Crippen LogP contribution in [-0.4, -0.2) is 24.4 Å². The zero-order valence-corrected chi connectivity index (χ0v) is 16.1. The molecule has 0 saturated heterocycles. The molecule has 0 unspecified atom stereocenters. The molecule has 0 N–H and O–H groups in total. The van der Waals surface area contributed by atoms with Gasteiger partial charge in [-0.3, -0.25) is 4.79 Å². The lowest BCUT2D eigenvalue weighted by molar-refractivity contribution is -0.125. The van der Waals surface area contributed by atoms with Gasteiger partial charge in [0.2, 0.25) is 5.91 Å². The molecule has 0 aliphatic rings. The van der Waals surface area contributed by atoms with Crippen LogP contribution in [0.3, 0.4) is 0 Å². The van der Waals surface area contributed by atoms with Crippen LogP contribution >= 0.6 is 0 Å². The van der Waals surface area contributed by atoms with Crippen LogP contribution in [-0.2, 0) is 4.79 Å². The average molecular weight is 325 g/mol. The highest BCUT2D eigenvalue weighted by molar-refractivity contribution is 5.79. The smallest absolute Gasteiger partial charge is 0.222 e. The molecule has 0 atom stereocenters. The average Bonchev–Trinajstić information content (AvgIpc) is 2.54. The summed E-state index contributed by atoms with van der Waals surface area (Å²) in [4.78, 5) is 12.7. The van der Waals surface area contributed by atoms with Crippen molar-refractivity contribution in [2.24, 2.45) is 0 Å². The number of unbranched alkanes of at least 4 members (excludes halogenated alkanes) is 15. The van der Waals surface area contributed by atoms with E-state index in [4.69, 9.17) is 0 Å². The van der Waals surface area contributed by atoms with Gasteiger partial charge in [-0.25, -0.2) is 0 Å². The van der Waals surface area contributed by atoms with Crippen molar-refractivity contribution < 1.29 is 4.79 Å². The molecule has 1 radical (unpaired) electrons. The van der Waals surface area contributed by atoms with E-state index in [1.165, 1.54) is 96.3 Å². The molecule has 0 aliphatic carbocycles. The molecule has 0 aliphatic heterocycles. The monoisotopic (exact) mass is 324 g/mol. The number of hydrogen-bond acceptors (Lipinski definition) is 1. The summed E-state index contributed by atoms with van der Waals surface area (Å²) in [5.74, 6) is -0.0639. The molecular weight excluding hydrogens is 282 g/mol. The first-order valence-corrected chi connectivity index (χ1v) is 10.3. The van der Waals surface area contributed by atoms with Gasteiger partial charge < -0.3 is 4.90 Å². The molecule has 0 saturated carbocycles. The maximum atomic E-state index is 10.9. The van der Waals surface area contributed by atoms with Crippen molar-refractivity contribution in [3.8, 4) is 0 Å². The fraction of sp³-hybridized carbons (Fsp3) is 0.905. The number of hydrogen-bond donors (Lipinski definition) is 0. The third-order valence-corrected chi connectivity index (χ3v) is 4.77. The molecule has 1 amide bonds. The van der Waals surface area contributed by atoms with Crippen molar-refractivity contribution in [3.05, 3.63) is 6.92 Å². The minimum Gasteiger partial charge on any atom is -0.346 e. The van der Waals surface area contributed by atoms with E-state index in [1.807, 2.05) is 7.05 Å². The molecule has 137 valence electrons. The van der Waals surface area contributed by atoms with Crippen LogP contribution in [0.5, 0.6) is 0 Å². The topological polar surface area (TPSA) is 20.3 Å². The largest absolute Gasteiger partial charge is 0.346 e. The Morgan fingerprint density at radius 2 is 0.957 bits per heavy atom. The zero-order valence-electron chi connectivity index (χ0n) is 16.1. The summed E-state index contributed by atoms with van der Waals surface area (Å²) < 4.78 is 0. The van der Waals surface area contributed by atoms with Gasteiger partial charge in [0.25, 0.3) is 0 Å². The number of nitrogens with zero attached hydrogens (tertiary/aromatic N) is 1. The van der Waals surface area contributed by atoms with Gasteiger partial charge in [0.1, 0.15) is 0 Å². The van der Waals surface area contributed by atoms with Gasteiger partial charge in [-0.1, -0.05) is 103 Å². The Bertz CT molecular complexity index is 252. The van der Waals surface area contributed by atoms with Gasteiger partial charge in [0.15, 0.2) is 0 Å². The Kier molecular flexibility index (Phi) is 17.4. The van der Waals surface area contributed by atoms with Crippen LogP contribution in [0.15, 0.2) is 0 Å². The Balaban J connectivity index is 3.04. The molecule has 0 aromatic heterocycles. The molecule has 0 bridgehead atoms. The van der Waals surface area contributed by atoms with Crippen molar-refractivity contribution in [1.29, 1.82) is 0 Å². The van der Waals surface area contributed by atoms with E-state index in [0.29, 0.717) is 0 Å². The molecular formula is C21H42NO. The zero-order chi connectivity index (χ0) is 17.2. The van der Waals surface area contributed by atoms with Gasteiger partial charge in [0.05, 0.1) is 0 Å². The summed E-state index contributed by atoms with van der Waals surface area (Å²) in [5.41, 5.74) is 0. The lowest BCUT2D eigenvalue weighted by Crippen LogP contribution is -2.24. The second kappa shape index (κ2) is 17.8. The summed E-state index contributed by atoms with van der Waals surface area (Å²) in [5, 5.41) is 0. The van der Waals surface area contributed by atoms with Crippen molar-refractivity contribution in [2.75, 3.05) is 13.6 Å². The summed E-state index contributed by atoms with van der Waals surface area (Å²) in [6.45, 7) is 6.56.